The van der Waals surface area contributed by atoms with Crippen LogP contribution in [-0.4, -0.2) is 19.5 Å². The summed E-state index contributed by atoms with van der Waals surface area (Å²) in [5.74, 6) is -1.22. The SMILES string of the molecule is O=C(O)c1ccccc1N(Cc1ccc(Cl)c(Cl)c1)S(=O)(=O)c1ccccc1. The lowest BCUT2D eigenvalue weighted by atomic mass is 10.1. The summed E-state index contributed by atoms with van der Waals surface area (Å²) in [4.78, 5) is 11.7. The number of halogens is 2. The minimum Gasteiger partial charge on any atom is -0.478 e. The number of hydrogen-bond acceptors (Lipinski definition) is 3. The van der Waals surface area contributed by atoms with E-state index in [-0.39, 0.29) is 27.7 Å². The fourth-order valence-corrected chi connectivity index (χ4v) is 4.51. The van der Waals surface area contributed by atoms with Crippen LogP contribution in [0, 0.1) is 0 Å². The second-order valence-corrected chi connectivity index (χ2v) is 8.57. The van der Waals surface area contributed by atoms with E-state index in [1.54, 1.807) is 48.5 Å². The molecule has 3 rings (SSSR count). The molecular formula is C20H15Cl2NO4S. The van der Waals surface area contributed by atoms with Crippen LogP contribution in [0.2, 0.25) is 10.0 Å². The van der Waals surface area contributed by atoms with Crippen molar-refractivity contribution in [1.82, 2.24) is 0 Å². The Labute approximate surface area is 172 Å². The predicted molar refractivity (Wildman–Crippen MR) is 110 cm³/mol. The Morgan fingerprint density at radius 2 is 1.54 bits per heavy atom. The summed E-state index contributed by atoms with van der Waals surface area (Å²) in [6.45, 7) is -0.113. The number of para-hydroxylation sites is 1. The summed E-state index contributed by atoms with van der Waals surface area (Å²) < 4.78 is 27.7. The second-order valence-electron chi connectivity index (χ2n) is 5.90. The molecule has 28 heavy (non-hydrogen) atoms. The third-order valence-electron chi connectivity index (χ3n) is 4.04. The highest BCUT2D eigenvalue weighted by Gasteiger charge is 2.28. The van der Waals surface area contributed by atoms with Gasteiger partial charge >= 0.3 is 5.97 Å². The molecule has 3 aromatic rings. The van der Waals surface area contributed by atoms with Crippen molar-refractivity contribution in [2.75, 3.05) is 4.31 Å². The standard InChI is InChI=1S/C20H15Cl2NO4S/c21-17-11-10-14(12-18(17)22)13-23(19-9-5-4-8-16(19)20(24)25)28(26,27)15-6-2-1-3-7-15/h1-12H,13H2,(H,24,25). The van der Waals surface area contributed by atoms with E-state index < -0.39 is 16.0 Å². The van der Waals surface area contributed by atoms with Crippen LogP contribution in [0.1, 0.15) is 15.9 Å². The fourth-order valence-electron chi connectivity index (χ4n) is 2.70. The highest BCUT2D eigenvalue weighted by Crippen LogP contribution is 2.30. The molecule has 0 saturated carbocycles. The third-order valence-corrected chi connectivity index (χ3v) is 6.56. The topological polar surface area (TPSA) is 74.7 Å². The maximum atomic E-state index is 13.3. The molecule has 0 aromatic heterocycles. The molecular weight excluding hydrogens is 421 g/mol. The van der Waals surface area contributed by atoms with Gasteiger partial charge in [-0.1, -0.05) is 59.6 Å². The van der Waals surface area contributed by atoms with E-state index in [0.717, 1.165) is 4.31 Å². The van der Waals surface area contributed by atoms with E-state index in [1.165, 1.54) is 24.3 Å². The van der Waals surface area contributed by atoms with Gasteiger partial charge in [-0.3, -0.25) is 4.31 Å². The summed E-state index contributed by atoms with van der Waals surface area (Å²) in [6, 6.07) is 18.5. The molecule has 0 aliphatic heterocycles. The summed E-state index contributed by atoms with van der Waals surface area (Å²) in [5, 5.41) is 10.2. The number of rotatable bonds is 6. The van der Waals surface area contributed by atoms with E-state index >= 15 is 0 Å². The highest BCUT2D eigenvalue weighted by atomic mass is 35.5. The molecule has 0 aliphatic rings. The van der Waals surface area contributed by atoms with Crippen molar-refractivity contribution in [3.8, 4) is 0 Å². The Morgan fingerprint density at radius 3 is 2.18 bits per heavy atom. The van der Waals surface area contributed by atoms with Crippen LogP contribution in [0.4, 0.5) is 5.69 Å². The lowest BCUT2D eigenvalue weighted by Crippen LogP contribution is -2.32. The number of carboxylic acids is 1. The summed E-state index contributed by atoms with van der Waals surface area (Å²) in [7, 11) is -4.04. The average Bonchev–Trinajstić information content (AvgIpc) is 2.69. The molecule has 0 spiro atoms. The van der Waals surface area contributed by atoms with Gasteiger partial charge in [-0.25, -0.2) is 13.2 Å². The first-order valence-corrected chi connectivity index (χ1v) is 10.3. The zero-order valence-corrected chi connectivity index (χ0v) is 16.7. The van der Waals surface area contributed by atoms with Crippen LogP contribution in [0.3, 0.4) is 0 Å². The van der Waals surface area contributed by atoms with E-state index in [2.05, 4.69) is 0 Å². The Hall–Kier alpha value is -2.54. The minimum absolute atomic E-state index is 0.0512. The van der Waals surface area contributed by atoms with Gasteiger partial charge in [-0.05, 0) is 42.0 Å². The predicted octanol–water partition coefficient (Wildman–Crippen LogP) is 5.09. The normalized spacial score (nSPS) is 11.2. The molecule has 0 amide bonds. The third kappa shape index (κ3) is 4.14. The number of anilines is 1. The summed E-state index contributed by atoms with van der Waals surface area (Å²) in [5.41, 5.74) is 0.501. The van der Waals surface area contributed by atoms with E-state index in [4.69, 9.17) is 23.2 Å². The molecule has 0 radical (unpaired) electrons. The van der Waals surface area contributed by atoms with Crippen molar-refractivity contribution in [1.29, 1.82) is 0 Å². The Bertz CT molecular complexity index is 1120. The molecule has 0 bridgehead atoms. The lowest BCUT2D eigenvalue weighted by Gasteiger charge is -2.26. The Morgan fingerprint density at radius 1 is 0.893 bits per heavy atom. The van der Waals surface area contributed by atoms with Crippen LogP contribution < -0.4 is 4.31 Å². The highest BCUT2D eigenvalue weighted by molar-refractivity contribution is 7.92. The van der Waals surface area contributed by atoms with Gasteiger partial charge in [0.25, 0.3) is 10.0 Å². The zero-order chi connectivity index (χ0) is 20.3. The monoisotopic (exact) mass is 435 g/mol. The molecule has 0 aliphatic carbocycles. The zero-order valence-electron chi connectivity index (χ0n) is 14.4. The molecule has 0 heterocycles. The van der Waals surface area contributed by atoms with Crippen molar-refractivity contribution in [2.45, 2.75) is 11.4 Å². The smallest absolute Gasteiger partial charge is 0.337 e. The number of sulfonamides is 1. The first-order chi connectivity index (χ1) is 13.3. The number of carboxylic acid groups (broad SMARTS) is 1. The van der Waals surface area contributed by atoms with Crippen LogP contribution in [0.25, 0.3) is 0 Å². The molecule has 8 heteroatoms. The van der Waals surface area contributed by atoms with Crippen LogP contribution >= 0.6 is 23.2 Å². The molecule has 144 valence electrons. The maximum absolute atomic E-state index is 13.3. The van der Waals surface area contributed by atoms with Gasteiger partial charge in [0, 0.05) is 0 Å². The molecule has 0 fully saturated rings. The fraction of sp³-hybridized carbons (Fsp3) is 0.0500. The van der Waals surface area contributed by atoms with E-state index in [9.17, 15) is 18.3 Å². The molecule has 0 unspecified atom stereocenters. The van der Waals surface area contributed by atoms with E-state index in [0.29, 0.717) is 10.6 Å². The number of aromatic carboxylic acids is 1. The first kappa shape index (κ1) is 20.2. The lowest BCUT2D eigenvalue weighted by molar-refractivity contribution is 0.0697. The maximum Gasteiger partial charge on any atom is 0.337 e. The molecule has 3 aromatic carbocycles. The van der Waals surface area contributed by atoms with Gasteiger partial charge in [0.15, 0.2) is 0 Å². The number of carbonyl (C=O) groups is 1. The van der Waals surface area contributed by atoms with Crippen LogP contribution in [0.5, 0.6) is 0 Å². The second kappa shape index (κ2) is 8.22. The van der Waals surface area contributed by atoms with Gasteiger partial charge in [0.05, 0.1) is 32.7 Å². The summed E-state index contributed by atoms with van der Waals surface area (Å²) >= 11 is 12.0. The van der Waals surface area contributed by atoms with Gasteiger partial charge in [-0.15, -0.1) is 0 Å². The van der Waals surface area contributed by atoms with Gasteiger partial charge < -0.3 is 5.11 Å². The number of nitrogens with zero attached hydrogens (tertiary/aromatic N) is 1. The van der Waals surface area contributed by atoms with Gasteiger partial charge in [0.2, 0.25) is 0 Å². The first-order valence-electron chi connectivity index (χ1n) is 8.15. The summed E-state index contributed by atoms with van der Waals surface area (Å²) in [6.07, 6.45) is 0. The van der Waals surface area contributed by atoms with Gasteiger partial charge in [-0.2, -0.15) is 0 Å². The van der Waals surface area contributed by atoms with Crippen LogP contribution in [-0.2, 0) is 16.6 Å². The Balaban J connectivity index is 2.17. The quantitative estimate of drug-likeness (QED) is 0.584. The van der Waals surface area contributed by atoms with Crippen molar-refractivity contribution in [3.05, 3.63) is 94.0 Å². The molecule has 5 nitrogen and oxygen atoms in total. The van der Waals surface area contributed by atoms with Crippen molar-refractivity contribution >= 4 is 44.9 Å². The average molecular weight is 436 g/mol. The molecule has 1 N–H and O–H groups in total. The largest absolute Gasteiger partial charge is 0.478 e. The van der Waals surface area contributed by atoms with Crippen molar-refractivity contribution < 1.29 is 18.3 Å². The van der Waals surface area contributed by atoms with Crippen molar-refractivity contribution in [3.63, 3.8) is 0 Å². The van der Waals surface area contributed by atoms with E-state index in [1.807, 2.05) is 0 Å². The Kier molecular flexibility index (Phi) is 5.93. The molecule has 0 atom stereocenters. The number of benzene rings is 3. The van der Waals surface area contributed by atoms with Gasteiger partial charge in [0.1, 0.15) is 0 Å². The van der Waals surface area contributed by atoms with Crippen LogP contribution in [0.15, 0.2) is 77.7 Å². The minimum atomic E-state index is -4.04. The number of hydrogen-bond donors (Lipinski definition) is 1. The molecule has 0 saturated heterocycles. The van der Waals surface area contributed by atoms with Crippen molar-refractivity contribution in [2.24, 2.45) is 0 Å².